The maximum absolute atomic E-state index is 12.1. The van der Waals surface area contributed by atoms with Gasteiger partial charge in [0.1, 0.15) is 5.75 Å². The van der Waals surface area contributed by atoms with Crippen molar-refractivity contribution >= 4 is 35.3 Å². The molecule has 3 aromatic rings. The van der Waals surface area contributed by atoms with Crippen LogP contribution in [-0.4, -0.2) is 30.5 Å². The fourth-order valence-electron chi connectivity index (χ4n) is 2.62. The Kier molecular flexibility index (Phi) is 7.69. The van der Waals surface area contributed by atoms with Gasteiger partial charge in [-0.3, -0.25) is 14.4 Å². The van der Waals surface area contributed by atoms with E-state index in [1.165, 1.54) is 6.21 Å². The molecule has 0 aliphatic heterocycles. The van der Waals surface area contributed by atoms with Gasteiger partial charge in [0.25, 0.3) is 5.91 Å². The van der Waals surface area contributed by atoms with Gasteiger partial charge in [-0.1, -0.05) is 48.0 Å². The van der Waals surface area contributed by atoms with E-state index < -0.39 is 11.8 Å². The van der Waals surface area contributed by atoms with E-state index in [0.29, 0.717) is 22.7 Å². The van der Waals surface area contributed by atoms with E-state index in [9.17, 15) is 14.4 Å². The van der Waals surface area contributed by atoms with Gasteiger partial charge in [0, 0.05) is 16.9 Å². The van der Waals surface area contributed by atoms with Crippen molar-refractivity contribution in [3.63, 3.8) is 0 Å². The van der Waals surface area contributed by atoms with Crippen molar-refractivity contribution in [1.29, 1.82) is 0 Å². The van der Waals surface area contributed by atoms with Gasteiger partial charge in [-0.15, -0.1) is 0 Å². The zero-order valence-corrected chi connectivity index (χ0v) is 17.4. The lowest BCUT2D eigenvalue weighted by atomic mass is 10.2. The Morgan fingerprint density at radius 2 is 1.47 bits per heavy atom. The molecule has 3 N–H and O–H groups in total. The Morgan fingerprint density at radius 3 is 2.22 bits per heavy atom. The standard InChI is InChI=1S/C24H22N4O4/c1-17-11-13-20(14-12-17)27-23(30)24(31)28-25-15-18-7-5-6-10-21(18)32-16-22(29)26-19-8-3-2-4-9-19/h2-15H,16H2,1H3,(H,26,29)(H,27,30)(H,28,31)/b25-15-. The van der Waals surface area contributed by atoms with Gasteiger partial charge < -0.3 is 15.4 Å². The first-order valence-corrected chi connectivity index (χ1v) is 9.79. The Bertz CT molecular complexity index is 1110. The van der Waals surface area contributed by atoms with Crippen molar-refractivity contribution in [3.8, 4) is 5.75 Å². The molecule has 0 aliphatic carbocycles. The molecule has 8 nitrogen and oxygen atoms in total. The third kappa shape index (κ3) is 6.81. The van der Waals surface area contributed by atoms with Crippen LogP contribution in [0.25, 0.3) is 0 Å². The lowest BCUT2D eigenvalue weighted by molar-refractivity contribution is -0.136. The summed E-state index contributed by atoms with van der Waals surface area (Å²) in [6.07, 6.45) is 1.33. The molecule has 3 rings (SSSR count). The highest BCUT2D eigenvalue weighted by Crippen LogP contribution is 2.16. The van der Waals surface area contributed by atoms with Crippen molar-refractivity contribution < 1.29 is 19.1 Å². The molecule has 32 heavy (non-hydrogen) atoms. The largest absolute Gasteiger partial charge is 0.483 e. The zero-order chi connectivity index (χ0) is 22.8. The van der Waals surface area contributed by atoms with Crippen LogP contribution in [0, 0.1) is 6.92 Å². The number of nitrogens with zero attached hydrogens (tertiary/aromatic N) is 1. The summed E-state index contributed by atoms with van der Waals surface area (Å²) in [6.45, 7) is 1.72. The summed E-state index contributed by atoms with van der Waals surface area (Å²) in [5.41, 5.74) is 4.91. The van der Waals surface area contributed by atoms with Crippen molar-refractivity contribution in [2.24, 2.45) is 5.10 Å². The number of anilines is 2. The molecular weight excluding hydrogens is 408 g/mol. The monoisotopic (exact) mass is 430 g/mol. The Hall–Kier alpha value is -4.46. The van der Waals surface area contributed by atoms with E-state index in [1.807, 2.05) is 37.3 Å². The fraction of sp³-hybridized carbons (Fsp3) is 0.0833. The van der Waals surface area contributed by atoms with Gasteiger partial charge in [0.2, 0.25) is 0 Å². The van der Waals surface area contributed by atoms with Gasteiger partial charge in [0.15, 0.2) is 6.61 Å². The molecule has 0 aliphatic rings. The summed E-state index contributed by atoms with van der Waals surface area (Å²) in [5, 5.41) is 9.02. The van der Waals surface area contributed by atoms with Crippen LogP contribution in [0.15, 0.2) is 84.0 Å². The highest BCUT2D eigenvalue weighted by molar-refractivity contribution is 6.39. The molecule has 0 radical (unpaired) electrons. The number of para-hydroxylation sites is 2. The topological polar surface area (TPSA) is 109 Å². The average Bonchev–Trinajstić information content (AvgIpc) is 2.80. The fourth-order valence-corrected chi connectivity index (χ4v) is 2.62. The minimum atomic E-state index is -0.914. The second kappa shape index (κ2) is 11.1. The second-order valence-corrected chi connectivity index (χ2v) is 6.76. The number of aryl methyl sites for hydroxylation is 1. The van der Waals surface area contributed by atoms with Gasteiger partial charge in [-0.2, -0.15) is 5.10 Å². The number of nitrogens with one attached hydrogen (secondary N) is 3. The minimum Gasteiger partial charge on any atom is -0.483 e. The average molecular weight is 430 g/mol. The predicted octanol–water partition coefficient (Wildman–Crippen LogP) is 3.10. The van der Waals surface area contributed by atoms with Crippen LogP contribution in [0.1, 0.15) is 11.1 Å². The van der Waals surface area contributed by atoms with E-state index >= 15 is 0 Å². The normalized spacial score (nSPS) is 10.4. The first-order chi connectivity index (χ1) is 15.5. The summed E-state index contributed by atoms with van der Waals surface area (Å²) in [6, 6.07) is 22.9. The van der Waals surface area contributed by atoms with Gasteiger partial charge in [0.05, 0.1) is 6.21 Å². The van der Waals surface area contributed by atoms with Gasteiger partial charge in [-0.25, -0.2) is 5.43 Å². The zero-order valence-electron chi connectivity index (χ0n) is 17.4. The molecule has 0 saturated carbocycles. The predicted molar refractivity (Wildman–Crippen MR) is 123 cm³/mol. The van der Waals surface area contributed by atoms with E-state index in [1.54, 1.807) is 48.5 Å². The van der Waals surface area contributed by atoms with Crippen molar-refractivity contribution in [3.05, 3.63) is 90.0 Å². The van der Waals surface area contributed by atoms with Crippen LogP contribution in [0.4, 0.5) is 11.4 Å². The first-order valence-electron chi connectivity index (χ1n) is 9.79. The van der Waals surface area contributed by atoms with Crippen LogP contribution in [0.5, 0.6) is 5.75 Å². The third-order valence-electron chi connectivity index (χ3n) is 4.22. The minimum absolute atomic E-state index is 0.203. The van der Waals surface area contributed by atoms with Crippen molar-refractivity contribution in [2.75, 3.05) is 17.2 Å². The molecule has 0 bridgehead atoms. The smallest absolute Gasteiger partial charge is 0.329 e. The van der Waals surface area contributed by atoms with Gasteiger partial charge >= 0.3 is 11.8 Å². The molecule has 0 spiro atoms. The van der Waals surface area contributed by atoms with E-state index in [0.717, 1.165) is 5.56 Å². The number of hydrogen-bond acceptors (Lipinski definition) is 5. The molecule has 0 aromatic heterocycles. The van der Waals surface area contributed by atoms with Crippen LogP contribution in [0.2, 0.25) is 0 Å². The summed E-state index contributed by atoms with van der Waals surface area (Å²) in [4.78, 5) is 36.0. The SMILES string of the molecule is Cc1ccc(NC(=O)C(=O)N/N=C\c2ccccc2OCC(=O)Nc2ccccc2)cc1. The summed E-state index contributed by atoms with van der Waals surface area (Å²) in [7, 11) is 0. The molecule has 0 atom stereocenters. The summed E-state index contributed by atoms with van der Waals surface area (Å²) < 4.78 is 5.57. The maximum Gasteiger partial charge on any atom is 0.329 e. The molecular formula is C24H22N4O4. The molecule has 3 aromatic carbocycles. The molecule has 0 fully saturated rings. The Balaban J connectivity index is 1.52. The molecule has 162 valence electrons. The highest BCUT2D eigenvalue weighted by atomic mass is 16.5. The number of hydrogen-bond donors (Lipinski definition) is 3. The number of carbonyl (C=O) groups excluding carboxylic acids is 3. The molecule has 0 saturated heterocycles. The lowest BCUT2D eigenvalue weighted by Gasteiger charge is -2.09. The third-order valence-corrected chi connectivity index (χ3v) is 4.22. The van der Waals surface area contributed by atoms with Crippen molar-refractivity contribution in [1.82, 2.24) is 5.43 Å². The highest BCUT2D eigenvalue weighted by Gasteiger charge is 2.13. The Morgan fingerprint density at radius 1 is 0.812 bits per heavy atom. The first kappa shape index (κ1) is 22.2. The number of benzene rings is 3. The van der Waals surface area contributed by atoms with E-state index in [2.05, 4.69) is 21.2 Å². The van der Waals surface area contributed by atoms with E-state index in [-0.39, 0.29) is 12.5 Å². The number of carbonyl (C=O) groups is 3. The molecule has 8 heteroatoms. The number of hydrazone groups is 1. The molecule has 3 amide bonds. The van der Waals surface area contributed by atoms with Crippen LogP contribution in [-0.2, 0) is 14.4 Å². The van der Waals surface area contributed by atoms with Gasteiger partial charge in [-0.05, 0) is 43.3 Å². The quantitative estimate of drug-likeness (QED) is 0.304. The second-order valence-electron chi connectivity index (χ2n) is 6.76. The van der Waals surface area contributed by atoms with Crippen LogP contribution < -0.4 is 20.8 Å². The summed E-state index contributed by atoms with van der Waals surface area (Å²) >= 11 is 0. The van der Waals surface area contributed by atoms with Crippen LogP contribution in [0.3, 0.4) is 0 Å². The lowest BCUT2D eigenvalue weighted by Crippen LogP contribution is -2.32. The summed E-state index contributed by atoms with van der Waals surface area (Å²) in [5.74, 6) is -1.67. The number of ether oxygens (including phenoxy) is 1. The molecule has 0 unspecified atom stereocenters. The number of rotatable bonds is 7. The van der Waals surface area contributed by atoms with Crippen LogP contribution >= 0.6 is 0 Å². The van der Waals surface area contributed by atoms with E-state index in [4.69, 9.17) is 4.74 Å². The number of amides is 3. The Labute approximate surface area is 185 Å². The molecule has 0 heterocycles. The maximum atomic E-state index is 12.1. The van der Waals surface area contributed by atoms with Crippen molar-refractivity contribution in [2.45, 2.75) is 6.92 Å².